The summed E-state index contributed by atoms with van der Waals surface area (Å²) in [6, 6.07) is 4.05. The molecule has 0 fully saturated rings. The van der Waals surface area contributed by atoms with Gasteiger partial charge in [0.25, 0.3) is 0 Å². The van der Waals surface area contributed by atoms with Gasteiger partial charge in [0.2, 0.25) is 0 Å². The van der Waals surface area contributed by atoms with Crippen LogP contribution in [0.3, 0.4) is 0 Å². The van der Waals surface area contributed by atoms with Gasteiger partial charge in [-0.1, -0.05) is 39.8 Å². The molecule has 0 saturated carbocycles. The number of ether oxygens (including phenoxy) is 2. The van der Waals surface area contributed by atoms with Gasteiger partial charge in [0.1, 0.15) is 12.4 Å². The molecule has 22 heavy (non-hydrogen) atoms. The van der Waals surface area contributed by atoms with Crippen LogP contribution >= 0.6 is 0 Å². The monoisotopic (exact) mass is 308 g/mol. The summed E-state index contributed by atoms with van der Waals surface area (Å²) >= 11 is 0. The van der Waals surface area contributed by atoms with Crippen molar-refractivity contribution in [2.45, 2.75) is 52.4 Å². The third-order valence-electron chi connectivity index (χ3n) is 4.13. The number of methoxy groups -OCH3 is 1. The molecule has 0 amide bonds. The molecular formula is C18H28O4. The Hall–Kier alpha value is -1.55. The highest BCUT2D eigenvalue weighted by molar-refractivity contribution is 5.73. The van der Waals surface area contributed by atoms with E-state index in [2.05, 4.69) is 27.7 Å². The smallest absolute Gasteiger partial charge is 0.310 e. The lowest BCUT2D eigenvalue weighted by Crippen LogP contribution is -2.19. The highest BCUT2D eigenvalue weighted by Crippen LogP contribution is 2.37. The fourth-order valence-electron chi connectivity index (χ4n) is 2.43. The van der Waals surface area contributed by atoms with Crippen molar-refractivity contribution in [1.29, 1.82) is 0 Å². The Bertz CT molecular complexity index is 506. The molecule has 0 saturated heterocycles. The zero-order chi connectivity index (χ0) is 16.8. The summed E-state index contributed by atoms with van der Waals surface area (Å²) in [6.45, 7) is 8.48. The zero-order valence-corrected chi connectivity index (χ0v) is 14.4. The summed E-state index contributed by atoms with van der Waals surface area (Å²) in [5.74, 6) is 0.600. The standard InChI is InChI=1S/C18H28O4/c1-6-14-10-13(12-16(20)22-9-8-19)11-15(17(14)21-5)18(3,4)7-2/h10-11,19H,6-9,12H2,1-5H3. The first-order valence-electron chi connectivity index (χ1n) is 7.86. The van der Waals surface area contributed by atoms with Gasteiger partial charge in [0.15, 0.2) is 0 Å². The summed E-state index contributed by atoms with van der Waals surface area (Å²) in [7, 11) is 1.69. The van der Waals surface area contributed by atoms with E-state index in [0.29, 0.717) is 0 Å². The maximum absolute atomic E-state index is 11.8. The molecule has 0 atom stereocenters. The largest absolute Gasteiger partial charge is 0.496 e. The SMILES string of the molecule is CCc1cc(CC(=O)OCCO)cc(C(C)(C)CC)c1OC. The second-order valence-electron chi connectivity index (χ2n) is 6.05. The van der Waals surface area contributed by atoms with Crippen LogP contribution in [-0.4, -0.2) is 31.4 Å². The Morgan fingerprint density at radius 3 is 2.45 bits per heavy atom. The fraction of sp³-hybridized carbons (Fsp3) is 0.611. The Morgan fingerprint density at radius 1 is 1.27 bits per heavy atom. The van der Waals surface area contributed by atoms with Gasteiger partial charge < -0.3 is 14.6 Å². The van der Waals surface area contributed by atoms with E-state index in [-0.39, 0.29) is 31.0 Å². The highest BCUT2D eigenvalue weighted by Gasteiger charge is 2.25. The molecule has 0 bridgehead atoms. The number of carbonyl (C=O) groups is 1. The number of hydrogen-bond acceptors (Lipinski definition) is 4. The van der Waals surface area contributed by atoms with Gasteiger partial charge in [-0.05, 0) is 29.4 Å². The molecule has 0 aliphatic carbocycles. The molecule has 0 radical (unpaired) electrons. The number of carbonyl (C=O) groups excluding carboxylic acids is 1. The number of benzene rings is 1. The van der Waals surface area contributed by atoms with Crippen molar-refractivity contribution in [3.63, 3.8) is 0 Å². The van der Waals surface area contributed by atoms with Gasteiger partial charge in [-0.15, -0.1) is 0 Å². The van der Waals surface area contributed by atoms with Gasteiger partial charge in [0, 0.05) is 5.56 Å². The van der Waals surface area contributed by atoms with Gasteiger partial charge >= 0.3 is 5.97 Å². The predicted octanol–water partition coefficient (Wildman–Crippen LogP) is 3.02. The Balaban J connectivity index is 3.20. The topological polar surface area (TPSA) is 55.8 Å². The number of aryl methyl sites for hydroxylation is 1. The van der Waals surface area contributed by atoms with E-state index in [1.165, 1.54) is 0 Å². The average Bonchev–Trinajstić information content (AvgIpc) is 2.51. The molecule has 4 nitrogen and oxygen atoms in total. The molecule has 1 aromatic carbocycles. The minimum Gasteiger partial charge on any atom is -0.496 e. The molecule has 0 spiro atoms. The molecule has 0 heterocycles. The first-order valence-corrected chi connectivity index (χ1v) is 7.86. The van der Waals surface area contributed by atoms with Crippen LogP contribution in [0.25, 0.3) is 0 Å². The minimum absolute atomic E-state index is 0.0275. The van der Waals surface area contributed by atoms with Crippen LogP contribution < -0.4 is 4.74 Å². The zero-order valence-electron chi connectivity index (χ0n) is 14.4. The number of aliphatic hydroxyl groups is 1. The van der Waals surface area contributed by atoms with Crippen molar-refractivity contribution in [2.24, 2.45) is 0 Å². The summed E-state index contributed by atoms with van der Waals surface area (Å²) < 4.78 is 10.6. The highest BCUT2D eigenvalue weighted by atomic mass is 16.5. The normalized spacial score (nSPS) is 11.4. The predicted molar refractivity (Wildman–Crippen MR) is 87.4 cm³/mol. The molecule has 1 rings (SSSR count). The van der Waals surface area contributed by atoms with E-state index in [0.717, 1.165) is 35.3 Å². The van der Waals surface area contributed by atoms with Gasteiger partial charge in [-0.25, -0.2) is 0 Å². The molecule has 0 unspecified atom stereocenters. The van der Waals surface area contributed by atoms with Crippen molar-refractivity contribution in [3.05, 3.63) is 28.8 Å². The van der Waals surface area contributed by atoms with Crippen LogP contribution in [0.1, 0.15) is 50.8 Å². The third-order valence-corrected chi connectivity index (χ3v) is 4.13. The first kappa shape index (κ1) is 18.5. The third kappa shape index (κ3) is 4.47. The summed E-state index contributed by atoms with van der Waals surface area (Å²) in [6.07, 6.45) is 2.03. The molecule has 1 aromatic rings. The van der Waals surface area contributed by atoms with Crippen molar-refractivity contribution >= 4 is 5.97 Å². The van der Waals surface area contributed by atoms with Crippen LogP contribution in [0.5, 0.6) is 5.75 Å². The average molecular weight is 308 g/mol. The molecule has 4 heteroatoms. The second kappa shape index (κ2) is 8.18. The van der Waals surface area contributed by atoms with E-state index >= 15 is 0 Å². The number of rotatable bonds is 8. The lowest BCUT2D eigenvalue weighted by molar-refractivity contribution is -0.143. The number of aliphatic hydroxyl groups excluding tert-OH is 1. The van der Waals surface area contributed by atoms with Crippen LogP contribution in [0.4, 0.5) is 0 Å². The molecular weight excluding hydrogens is 280 g/mol. The van der Waals surface area contributed by atoms with Crippen LogP contribution in [0, 0.1) is 0 Å². The van der Waals surface area contributed by atoms with Gasteiger partial charge in [-0.3, -0.25) is 4.79 Å². The Labute approximate surface area is 133 Å². The Morgan fingerprint density at radius 2 is 1.95 bits per heavy atom. The minimum atomic E-state index is -0.318. The fourth-order valence-corrected chi connectivity index (χ4v) is 2.43. The second-order valence-corrected chi connectivity index (χ2v) is 6.05. The van der Waals surface area contributed by atoms with Crippen molar-refractivity contribution in [2.75, 3.05) is 20.3 Å². The summed E-state index contributed by atoms with van der Waals surface area (Å²) in [5, 5.41) is 8.72. The van der Waals surface area contributed by atoms with E-state index in [9.17, 15) is 4.79 Å². The molecule has 0 aliphatic rings. The molecule has 0 aliphatic heterocycles. The maximum Gasteiger partial charge on any atom is 0.310 e. The van der Waals surface area contributed by atoms with Crippen molar-refractivity contribution in [3.8, 4) is 5.75 Å². The lowest BCUT2D eigenvalue weighted by atomic mass is 9.79. The molecule has 1 N–H and O–H groups in total. The Kier molecular flexibility index (Phi) is 6.88. The van der Waals surface area contributed by atoms with E-state index in [1.807, 2.05) is 12.1 Å². The van der Waals surface area contributed by atoms with Crippen LogP contribution in [-0.2, 0) is 27.8 Å². The lowest BCUT2D eigenvalue weighted by Gasteiger charge is -2.28. The maximum atomic E-state index is 11.8. The molecule has 0 aromatic heterocycles. The first-order chi connectivity index (χ1) is 10.4. The van der Waals surface area contributed by atoms with E-state index in [1.54, 1.807) is 7.11 Å². The van der Waals surface area contributed by atoms with Crippen LogP contribution in [0.2, 0.25) is 0 Å². The summed E-state index contributed by atoms with van der Waals surface area (Å²) in [5.41, 5.74) is 3.13. The van der Waals surface area contributed by atoms with Crippen LogP contribution in [0.15, 0.2) is 12.1 Å². The van der Waals surface area contributed by atoms with Gasteiger partial charge in [-0.2, -0.15) is 0 Å². The van der Waals surface area contributed by atoms with Gasteiger partial charge in [0.05, 0.1) is 20.1 Å². The number of esters is 1. The quantitative estimate of drug-likeness (QED) is 0.750. The molecule has 124 valence electrons. The van der Waals surface area contributed by atoms with E-state index < -0.39 is 0 Å². The number of hydrogen-bond donors (Lipinski definition) is 1. The van der Waals surface area contributed by atoms with E-state index in [4.69, 9.17) is 14.6 Å². The van der Waals surface area contributed by atoms with Crippen molar-refractivity contribution < 1.29 is 19.4 Å². The summed E-state index contributed by atoms with van der Waals surface area (Å²) in [4.78, 5) is 11.8. The van der Waals surface area contributed by atoms with Crippen molar-refractivity contribution in [1.82, 2.24) is 0 Å².